The first kappa shape index (κ1) is 16.7. The minimum atomic E-state index is -0.396. The van der Waals surface area contributed by atoms with E-state index in [0.29, 0.717) is 23.5 Å². The zero-order valence-electron chi connectivity index (χ0n) is 14.1. The van der Waals surface area contributed by atoms with Crippen LogP contribution in [0.4, 0.5) is 4.39 Å². The zero-order valence-corrected chi connectivity index (χ0v) is 14.1. The summed E-state index contributed by atoms with van der Waals surface area (Å²) >= 11 is 0. The molecular weight excluding hydrogens is 323 g/mol. The molecule has 1 spiro atoms. The van der Waals surface area contributed by atoms with Gasteiger partial charge in [0.15, 0.2) is 5.43 Å². The lowest BCUT2D eigenvalue weighted by Gasteiger charge is -2.43. The van der Waals surface area contributed by atoms with Gasteiger partial charge in [-0.1, -0.05) is 0 Å². The molecular formula is C19H23FN2O3. The summed E-state index contributed by atoms with van der Waals surface area (Å²) in [5, 5.41) is 3.93. The SMILES string of the molecule is O=c1cc(CNC2CCOC3(CCOCC3)C2)[nH]c2ccc(F)cc12. The van der Waals surface area contributed by atoms with Crippen LogP contribution in [0.1, 0.15) is 31.4 Å². The summed E-state index contributed by atoms with van der Waals surface area (Å²) in [5.74, 6) is -0.396. The Morgan fingerprint density at radius 3 is 2.92 bits per heavy atom. The van der Waals surface area contributed by atoms with Crippen molar-refractivity contribution in [2.75, 3.05) is 19.8 Å². The van der Waals surface area contributed by atoms with Gasteiger partial charge in [0, 0.05) is 55.1 Å². The lowest BCUT2D eigenvalue weighted by atomic mass is 9.84. The van der Waals surface area contributed by atoms with E-state index in [0.717, 1.165) is 51.2 Å². The Kier molecular flexibility index (Phi) is 4.58. The number of pyridine rings is 1. The molecule has 0 bridgehead atoms. The van der Waals surface area contributed by atoms with Crippen LogP contribution in [0.15, 0.2) is 29.1 Å². The summed E-state index contributed by atoms with van der Waals surface area (Å²) in [4.78, 5) is 15.4. The summed E-state index contributed by atoms with van der Waals surface area (Å²) in [6.45, 7) is 2.87. The third-order valence-corrected chi connectivity index (χ3v) is 5.33. The van der Waals surface area contributed by atoms with E-state index in [-0.39, 0.29) is 11.0 Å². The first-order valence-electron chi connectivity index (χ1n) is 8.90. The molecule has 6 heteroatoms. The molecule has 4 rings (SSSR count). The largest absolute Gasteiger partial charge is 0.381 e. The monoisotopic (exact) mass is 346 g/mol. The van der Waals surface area contributed by atoms with E-state index < -0.39 is 5.82 Å². The Morgan fingerprint density at radius 1 is 1.24 bits per heavy atom. The van der Waals surface area contributed by atoms with Gasteiger partial charge in [-0.2, -0.15) is 0 Å². The molecule has 1 unspecified atom stereocenters. The number of hydrogen-bond donors (Lipinski definition) is 2. The molecule has 2 aromatic rings. The van der Waals surface area contributed by atoms with Crippen LogP contribution in [0.3, 0.4) is 0 Å². The van der Waals surface area contributed by atoms with Crippen molar-refractivity contribution in [3.63, 3.8) is 0 Å². The van der Waals surface area contributed by atoms with E-state index in [1.807, 2.05) is 0 Å². The minimum Gasteiger partial charge on any atom is -0.381 e. The molecule has 1 aromatic carbocycles. The quantitative estimate of drug-likeness (QED) is 0.896. The summed E-state index contributed by atoms with van der Waals surface area (Å²) in [7, 11) is 0. The highest BCUT2D eigenvalue weighted by Gasteiger charge is 2.38. The number of halogens is 1. The van der Waals surface area contributed by atoms with Gasteiger partial charge in [0.2, 0.25) is 0 Å². The smallest absolute Gasteiger partial charge is 0.189 e. The fourth-order valence-electron chi connectivity index (χ4n) is 3.92. The van der Waals surface area contributed by atoms with Gasteiger partial charge in [-0.3, -0.25) is 4.79 Å². The van der Waals surface area contributed by atoms with E-state index in [4.69, 9.17) is 9.47 Å². The van der Waals surface area contributed by atoms with Crippen LogP contribution in [-0.4, -0.2) is 36.4 Å². The number of ether oxygens (including phenoxy) is 2. The summed E-state index contributed by atoms with van der Waals surface area (Å²) < 4.78 is 24.8. The third-order valence-electron chi connectivity index (χ3n) is 5.33. The lowest BCUT2D eigenvalue weighted by molar-refractivity contribution is -0.140. The summed E-state index contributed by atoms with van der Waals surface area (Å²) in [6.07, 6.45) is 3.83. The molecule has 25 heavy (non-hydrogen) atoms. The highest BCUT2D eigenvalue weighted by molar-refractivity contribution is 5.78. The van der Waals surface area contributed by atoms with Gasteiger partial charge in [-0.15, -0.1) is 0 Å². The van der Waals surface area contributed by atoms with Crippen molar-refractivity contribution in [2.45, 2.75) is 43.9 Å². The van der Waals surface area contributed by atoms with Crippen molar-refractivity contribution in [3.05, 3.63) is 46.0 Å². The second kappa shape index (κ2) is 6.86. The maximum Gasteiger partial charge on any atom is 0.189 e. The molecule has 0 saturated carbocycles. The van der Waals surface area contributed by atoms with Gasteiger partial charge in [-0.05, 0) is 43.9 Å². The van der Waals surface area contributed by atoms with Gasteiger partial charge in [0.1, 0.15) is 5.82 Å². The molecule has 2 aliphatic rings. The maximum absolute atomic E-state index is 13.3. The number of benzene rings is 1. The number of rotatable bonds is 3. The van der Waals surface area contributed by atoms with E-state index in [1.54, 1.807) is 12.1 Å². The number of fused-ring (bicyclic) bond motifs is 1. The Labute approximate surface area is 145 Å². The Morgan fingerprint density at radius 2 is 2.08 bits per heavy atom. The van der Waals surface area contributed by atoms with Crippen LogP contribution in [0, 0.1) is 5.82 Å². The zero-order chi connectivity index (χ0) is 17.3. The van der Waals surface area contributed by atoms with Crippen molar-refractivity contribution in [1.82, 2.24) is 10.3 Å². The van der Waals surface area contributed by atoms with Gasteiger partial charge in [0.25, 0.3) is 0 Å². The number of nitrogens with one attached hydrogen (secondary N) is 2. The van der Waals surface area contributed by atoms with E-state index in [9.17, 15) is 9.18 Å². The molecule has 1 aromatic heterocycles. The first-order chi connectivity index (χ1) is 12.1. The van der Waals surface area contributed by atoms with Crippen molar-refractivity contribution < 1.29 is 13.9 Å². The topological polar surface area (TPSA) is 63.4 Å². The minimum absolute atomic E-state index is 0.0531. The van der Waals surface area contributed by atoms with Crippen LogP contribution in [0.5, 0.6) is 0 Å². The molecule has 2 N–H and O–H groups in total. The average molecular weight is 346 g/mol. The number of hydrogen-bond acceptors (Lipinski definition) is 4. The van der Waals surface area contributed by atoms with E-state index >= 15 is 0 Å². The number of H-pyrrole nitrogens is 1. The third kappa shape index (κ3) is 3.61. The molecule has 5 nitrogen and oxygen atoms in total. The van der Waals surface area contributed by atoms with Crippen LogP contribution < -0.4 is 10.7 Å². The number of aromatic amines is 1. The fourth-order valence-corrected chi connectivity index (χ4v) is 3.92. The molecule has 0 amide bonds. The molecule has 2 fully saturated rings. The standard InChI is InChI=1S/C19H23FN2O3/c20-13-1-2-17-16(9-13)18(23)10-15(22-17)12-21-14-3-6-25-19(11-14)4-7-24-8-5-19/h1-2,9-10,14,21H,3-8,11-12H2,(H,22,23). The highest BCUT2D eigenvalue weighted by Crippen LogP contribution is 2.34. The van der Waals surface area contributed by atoms with Gasteiger partial charge >= 0.3 is 0 Å². The predicted molar refractivity (Wildman–Crippen MR) is 93.1 cm³/mol. The van der Waals surface area contributed by atoms with Gasteiger partial charge < -0.3 is 19.8 Å². The molecule has 2 aliphatic heterocycles. The van der Waals surface area contributed by atoms with Crippen LogP contribution >= 0.6 is 0 Å². The molecule has 0 radical (unpaired) electrons. The molecule has 0 aliphatic carbocycles. The van der Waals surface area contributed by atoms with E-state index in [1.165, 1.54) is 12.1 Å². The van der Waals surface area contributed by atoms with E-state index in [2.05, 4.69) is 10.3 Å². The number of aromatic nitrogens is 1. The Hall–Kier alpha value is -1.76. The highest BCUT2D eigenvalue weighted by atomic mass is 19.1. The average Bonchev–Trinajstić information content (AvgIpc) is 2.61. The van der Waals surface area contributed by atoms with Crippen LogP contribution in [0.2, 0.25) is 0 Å². The molecule has 2 saturated heterocycles. The van der Waals surface area contributed by atoms with Gasteiger partial charge in [-0.25, -0.2) is 4.39 Å². The second-order valence-electron chi connectivity index (χ2n) is 7.06. The molecule has 1 atom stereocenters. The van der Waals surface area contributed by atoms with Crippen LogP contribution in [0.25, 0.3) is 10.9 Å². The summed E-state index contributed by atoms with van der Waals surface area (Å²) in [6, 6.07) is 6.17. The van der Waals surface area contributed by atoms with Gasteiger partial charge in [0.05, 0.1) is 5.60 Å². The second-order valence-corrected chi connectivity index (χ2v) is 7.06. The van der Waals surface area contributed by atoms with Crippen molar-refractivity contribution in [3.8, 4) is 0 Å². The Bertz CT molecular complexity index is 808. The predicted octanol–water partition coefficient (Wildman–Crippen LogP) is 2.49. The van der Waals surface area contributed by atoms with Crippen molar-refractivity contribution in [2.24, 2.45) is 0 Å². The van der Waals surface area contributed by atoms with Crippen LogP contribution in [-0.2, 0) is 16.0 Å². The normalized spacial score (nSPS) is 23.2. The first-order valence-corrected chi connectivity index (χ1v) is 8.90. The summed E-state index contributed by atoms with van der Waals surface area (Å²) in [5.41, 5.74) is 1.27. The van der Waals surface area contributed by atoms with Crippen molar-refractivity contribution in [1.29, 1.82) is 0 Å². The van der Waals surface area contributed by atoms with Crippen molar-refractivity contribution >= 4 is 10.9 Å². The maximum atomic E-state index is 13.3. The molecule has 134 valence electrons. The lowest BCUT2D eigenvalue weighted by Crippen LogP contribution is -2.49. The molecule has 3 heterocycles. The fraction of sp³-hybridized carbons (Fsp3) is 0.526. The Balaban J connectivity index is 1.45.